The Kier molecular flexibility index (Phi) is 4.10. The Morgan fingerprint density at radius 3 is 2.52 bits per heavy atom. The minimum atomic E-state index is -0.309. The van der Waals surface area contributed by atoms with Crippen molar-refractivity contribution >= 4 is 5.91 Å². The van der Waals surface area contributed by atoms with E-state index in [1.807, 2.05) is 11.9 Å². The van der Waals surface area contributed by atoms with Crippen molar-refractivity contribution in [2.45, 2.75) is 43.8 Å². The second-order valence-corrected chi connectivity index (χ2v) is 6.01. The third kappa shape index (κ3) is 3.35. The first kappa shape index (κ1) is 14.3. The van der Waals surface area contributed by atoms with E-state index in [4.69, 9.17) is 4.74 Å². The molecule has 0 saturated carbocycles. The quantitative estimate of drug-likeness (QED) is 0.922. The minimum Gasteiger partial charge on any atom is -0.484 e. The Morgan fingerprint density at radius 1 is 1.29 bits per heavy atom. The Balaban J connectivity index is 1.51. The molecule has 1 N–H and O–H groups in total. The zero-order valence-electron chi connectivity index (χ0n) is 12.2. The van der Waals surface area contributed by atoms with Gasteiger partial charge in [0.1, 0.15) is 11.6 Å². The second-order valence-electron chi connectivity index (χ2n) is 6.01. The summed E-state index contributed by atoms with van der Waals surface area (Å²) < 4.78 is 18.2. The van der Waals surface area contributed by atoms with Gasteiger partial charge in [0.05, 0.1) is 0 Å². The molecule has 3 rings (SSSR count). The number of piperidine rings is 1. The largest absolute Gasteiger partial charge is 0.484 e. The van der Waals surface area contributed by atoms with Crippen LogP contribution in [0, 0.1) is 5.82 Å². The molecular weight excluding hydrogens is 271 g/mol. The van der Waals surface area contributed by atoms with Gasteiger partial charge in [0.2, 0.25) is 0 Å². The van der Waals surface area contributed by atoms with E-state index >= 15 is 0 Å². The molecule has 2 aliphatic heterocycles. The molecule has 0 spiro atoms. The number of hydrogen-bond acceptors (Lipinski definition) is 3. The lowest BCUT2D eigenvalue weighted by Gasteiger charge is -2.35. The number of benzene rings is 1. The monoisotopic (exact) mass is 292 g/mol. The lowest BCUT2D eigenvalue weighted by atomic mass is 9.98. The summed E-state index contributed by atoms with van der Waals surface area (Å²) in [6.45, 7) is 0.00138. The summed E-state index contributed by atoms with van der Waals surface area (Å²) in [6.07, 6.45) is 4.48. The fourth-order valence-electron chi connectivity index (χ4n) is 3.32. The fraction of sp³-hybridized carbons (Fsp3) is 0.562. The highest BCUT2D eigenvalue weighted by atomic mass is 19.1. The third-order valence-corrected chi connectivity index (χ3v) is 4.57. The van der Waals surface area contributed by atoms with E-state index in [1.165, 1.54) is 37.1 Å². The fourth-order valence-corrected chi connectivity index (χ4v) is 3.32. The van der Waals surface area contributed by atoms with Gasteiger partial charge in [-0.05, 0) is 49.9 Å². The number of ether oxygens (including phenoxy) is 1. The topological polar surface area (TPSA) is 41.6 Å². The average molecular weight is 292 g/mol. The normalized spacial score (nSPS) is 27.4. The van der Waals surface area contributed by atoms with Gasteiger partial charge in [-0.25, -0.2) is 4.39 Å². The van der Waals surface area contributed by atoms with Crippen LogP contribution in [0.2, 0.25) is 0 Å². The van der Waals surface area contributed by atoms with Gasteiger partial charge in [0.25, 0.3) is 5.91 Å². The molecule has 114 valence electrons. The standard InChI is InChI=1S/C16H21FN2O2/c1-19(14-8-12-4-5-13(9-14)18-12)16(20)10-21-15-6-2-11(17)3-7-15/h2-3,6-7,12-14,18H,4-5,8-10H2,1H3. The summed E-state index contributed by atoms with van der Waals surface area (Å²) >= 11 is 0. The Morgan fingerprint density at radius 2 is 1.90 bits per heavy atom. The van der Waals surface area contributed by atoms with Crippen molar-refractivity contribution in [1.82, 2.24) is 10.2 Å². The van der Waals surface area contributed by atoms with Crippen molar-refractivity contribution in [3.05, 3.63) is 30.1 Å². The van der Waals surface area contributed by atoms with E-state index in [1.54, 1.807) is 0 Å². The van der Waals surface area contributed by atoms with E-state index < -0.39 is 0 Å². The lowest BCUT2D eigenvalue weighted by Crippen LogP contribution is -2.49. The minimum absolute atomic E-state index is 0.00138. The first-order chi connectivity index (χ1) is 10.1. The molecule has 21 heavy (non-hydrogen) atoms. The Bertz CT molecular complexity index is 494. The summed E-state index contributed by atoms with van der Waals surface area (Å²) in [7, 11) is 1.85. The van der Waals surface area contributed by atoms with Crippen LogP contribution in [0.25, 0.3) is 0 Å². The molecule has 1 amide bonds. The van der Waals surface area contributed by atoms with Crippen LogP contribution in [0.3, 0.4) is 0 Å². The second kappa shape index (κ2) is 6.02. The van der Waals surface area contributed by atoms with Crippen LogP contribution in [0.4, 0.5) is 4.39 Å². The van der Waals surface area contributed by atoms with E-state index in [0.717, 1.165) is 12.8 Å². The van der Waals surface area contributed by atoms with Crippen LogP contribution >= 0.6 is 0 Å². The summed E-state index contributed by atoms with van der Waals surface area (Å²) in [5, 5.41) is 3.57. The van der Waals surface area contributed by atoms with Gasteiger partial charge in [0.15, 0.2) is 6.61 Å². The number of carbonyl (C=O) groups excluding carboxylic acids is 1. The molecular formula is C16H21FN2O2. The van der Waals surface area contributed by atoms with Crippen LogP contribution in [0.1, 0.15) is 25.7 Å². The van der Waals surface area contributed by atoms with Crippen molar-refractivity contribution < 1.29 is 13.9 Å². The number of carbonyl (C=O) groups is 1. The van der Waals surface area contributed by atoms with Gasteiger partial charge in [-0.3, -0.25) is 4.79 Å². The molecule has 0 radical (unpaired) electrons. The number of likely N-dealkylation sites (N-methyl/N-ethyl adjacent to an activating group) is 1. The van der Waals surface area contributed by atoms with Gasteiger partial charge in [-0.2, -0.15) is 0 Å². The predicted octanol–water partition coefficient (Wildman–Crippen LogP) is 1.95. The first-order valence-electron chi connectivity index (χ1n) is 7.52. The number of amides is 1. The van der Waals surface area contributed by atoms with Gasteiger partial charge < -0.3 is 15.0 Å². The maximum atomic E-state index is 12.8. The van der Waals surface area contributed by atoms with E-state index in [0.29, 0.717) is 23.9 Å². The van der Waals surface area contributed by atoms with Crippen LogP contribution < -0.4 is 10.1 Å². The number of nitrogens with one attached hydrogen (secondary N) is 1. The lowest BCUT2D eigenvalue weighted by molar-refractivity contribution is -0.134. The van der Waals surface area contributed by atoms with Gasteiger partial charge in [0, 0.05) is 25.2 Å². The van der Waals surface area contributed by atoms with E-state index in [-0.39, 0.29) is 18.3 Å². The molecule has 5 heteroatoms. The van der Waals surface area contributed by atoms with Crippen molar-refractivity contribution in [2.75, 3.05) is 13.7 Å². The van der Waals surface area contributed by atoms with Gasteiger partial charge >= 0.3 is 0 Å². The third-order valence-electron chi connectivity index (χ3n) is 4.57. The Hall–Kier alpha value is -1.62. The number of fused-ring (bicyclic) bond motifs is 2. The van der Waals surface area contributed by atoms with Crippen molar-refractivity contribution in [1.29, 1.82) is 0 Å². The molecule has 0 aromatic heterocycles. The molecule has 2 aliphatic rings. The highest BCUT2D eigenvalue weighted by Crippen LogP contribution is 2.29. The van der Waals surface area contributed by atoms with Crippen LogP contribution in [0.15, 0.2) is 24.3 Å². The summed E-state index contributed by atoms with van der Waals surface area (Å²) in [5.74, 6) is 0.185. The number of nitrogens with zero attached hydrogens (tertiary/aromatic N) is 1. The molecule has 4 nitrogen and oxygen atoms in total. The molecule has 2 fully saturated rings. The predicted molar refractivity (Wildman–Crippen MR) is 77.6 cm³/mol. The van der Waals surface area contributed by atoms with Crippen LogP contribution in [-0.2, 0) is 4.79 Å². The molecule has 2 saturated heterocycles. The maximum absolute atomic E-state index is 12.8. The SMILES string of the molecule is CN(C(=O)COc1ccc(F)cc1)C1CC2CCC(C1)N2. The van der Waals surface area contributed by atoms with Crippen molar-refractivity contribution in [3.63, 3.8) is 0 Å². The molecule has 1 aromatic rings. The van der Waals surface area contributed by atoms with E-state index in [2.05, 4.69) is 5.32 Å². The van der Waals surface area contributed by atoms with Crippen molar-refractivity contribution in [2.24, 2.45) is 0 Å². The summed E-state index contributed by atoms with van der Waals surface area (Å²) in [6, 6.07) is 7.14. The maximum Gasteiger partial charge on any atom is 0.260 e. The van der Waals surface area contributed by atoms with E-state index in [9.17, 15) is 9.18 Å². The Labute approximate surface area is 124 Å². The molecule has 2 unspecified atom stereocenters. The molecule has 2 bridgehead atoms. The molecule has 0 aliphatic carbocycles. The summed E-state index contributed by atoms with van der Waals surface area (Å²) in [5.41, 5.74) is 0. The molecule has 2 atom stereocenters. The number of rotatable bonds is 4. The molecule has 1 aromatic carbocycles. The van der Waals surface area contributed by atoms with Gasteiger partial charge in [-0.15, -0.1) is 0 Å². The highest BCUT2D eigenvalue weighted by molar-refractivity contribution is 5.77. The van der Waals surface area contributed by atoms with Gasteiger partial charge in [-0.1, -0.05) is 0 Å². The zero-order chi connectivity index (χ0) is 14.8. The van der Waals surface area contributed by atoms with Crippen molar-refractivity contribution in [3.8, 4) is 5.75 Å². The zero-order valence-corrected chi connectivity index (χ0v) is 12.2. The first-order valence-corrected chi connectivity index (χ1v) is 7.52. The number of hydrogen-bond donors (Lipinski definition) is 1. The number of halogens is 1. The van der Waals surface area contributed by atoms with Crippen LogP contribution in [-0.4, -0.2) is 42.6 Å². The smallest absolute Gasteiger partial charge is 0.260 e. The molecule has 2 heterocycles. The summed E-state index contributed by atoms with van der Waals surface area (Å²) in [4.78, 5) is 14.0. The average Bonchev–Trinajstić information content (AvgIpc) is 2.84. The highest BCUT2D eigenvalue weighted by Gasteiger charge is 2.36. The van der Waals surface area contributed by atoms with Crippen LogP contribution in [0.5, 0.6) is 5.75 Å².